The largest absolute Gasteiger partial charge is 0.452 e. The molecule has 2 fully saturated rings. The third-order valence-corrected chi connectivity index (χ3v) is 6.74. The SMILES string of the molecule is O=C(COC(=O)c1ccc(S(=O)(=O)NC2CC2)cc1)NC(c1ccccc1)C1CC1. The molecule has 0 heterocycles. The highest BCUT2D eigenvalue weighted by atomic mass is 32.2. The van der Waals surface area contributed by atoms with Crippen LogP contribution in [0.3, 0.4) is 0 Å². The second-order valence-corrected chi connectivity index (χ2v) is 9.50. The van der Waals surface area contributed by atoms with Gasteiger partial charge in [-0.25, -0.2) is 17.9 Å². The Morgan fingerprint density at radius 3 is 2.23 bits per heavy atom. The van der Waals surface area contributed by atoms with E-state index in [-0.39, 0.29) is 28.4 Å². The Hall–Kier alpha value is -2.71. The predicted octanol–water partition coefficient (Wildman–Crippen LogP) is 2.55. The van der Waals surface area contributed by atoms with Crippen LogP contribution in [0.15, 0.2) is 59.5 Å². The van der Waals surface area contributed by atoms with E-state index in [0.29, 0.717) is 5.92 Å². The minimum atomic E-state index is -3.57. The minimum Gasteiger partial charge on any atom is -0.452 e. The minimum absolute atomic E-state index is 0.00788. The third-order valence-electron chi connectivity index (χ3n) is 5.20. The Bertz CT molecular complexity index is 1010. The van der Waals surface area contributed by atoms with Crippen LogP contribution < -0.4 is 10.0 Å². The number of amides is 1. The molecular formula is C22H24N2O5S. The van der Waals surface area contributed by atoms with Gasteiger partial charge in [-0.05, 0) is 61.4 Å². The van der Waals surface area contributed by atoms with Crippen molar-refractivity contribution in [3.63, 3.8) is 0 Å². The Morgan fingerprint density at radius 2 is 1.63 bits per heavy atom. The van der Waals surface area contributed by atoms with E-state index in [4.69, 9.17) is 4.74 Å². The van der Waals surface area contributed by atoms with Crippen molar-refractivity contribution in [2.45, 2.75) is 42.7 Å². The zero-order valence-electron chi connectivity index (χ0n) is 16.4. The highest BCUT2D eigenvalue weighted by Crippen LogP contribution is 2.40. The fourth-order valence-electron chi connectivity index (χ4n) is 3.25. The van der Waals surface area contributed by atoms with Gasteiger partial charge < -0.3 is 10.1 Å². The van der Waals surface area contributed by atoms with Gasteiger partial charge in [-0.2, -0.15) is 0 Å². The molecule has 2 aromatic rings. The first kappa shape index (κ1) is 20.6. The Labute approximate surface area is 175 Å². The average molecular weight is 429 g/mol. The van der Waals surface area contributed by atoms with E-state index in [1.165, 1.54) is 24.3 Å². The molecule has 158 valence electrons. The molecule has 4 rings (SSSR count). The fourth-order valence-corrected chi connectivity index (χ4v) is 4.56. The summed E-state index contributed by atoms with van der Waals surface area (Å²) in [5.74, 6) is -0.630. The van der Waals surface area contributed by atoms with E-state index >= 15 is 0 Å². The third kappa shape index (κ3) is 5.25. The van der Waals surface area contributed by atoms with Crippen molar-refractivity contribution >= 4 is 21.9 Å². The first-order chi connectivity index (χ1) is 14.4. The normalized spacial score (nSPS) is 17.2. The van der Waals surface area contributed by atoms with Crippen LogP contribution in [0.2, 0.25) is 0 Å². The maximum absolute atomic E-state index is 12.3. The van der Waals surface area contributed by atoms with Gasteiger partial charge in [-0.1, -0.05) is 30.3 Å². The first-order valence-electron chi connectivity index (χ1n) is 10.1. The van der Waals surface area contributed by atoms with Crippen molar-refractivity contribution in [3.8, 4) is 0 Å². The molecule has 2 aromatic carbocycles. The summed E-state index contributed by atoms with van der Waals surface area (Å²) in [6.07, 6.45) is 3.81. The highest BCUT2D eigenvalue weighted by molar-refractivity contribution is 7.89. The molecule has 2 saturated carbocycles. The lowest BCUT2D eigenvalue weighted by molar-refractivity contribution is -0.125. The summed E-state index contributed by atoms with van der Waals surface area (Å²) in [6, 6.07) is 15.2. The topological polar surface area (TPSA) is 102 Å². The number of carbonyl (C=O) groups excluding carboxylic acids is 2. The summed E-state index contributed by atoms with van der Waals surface area (Å²) < 4.78 is 32.1. The van der Waals surface area contributed by atoms with Crippen molar-refractivity contribution in [1.82, 2.24) is 10.0 Å². The molecule has 8 heteroatoms. The monoisotopic (exact) mass is 428 g/mol. The molecule has 0 radical (unpaired) electrons. The summed E-state index contributed by atoms with van der Waals surface area (Å²) in [6.45, 7) is -0.391. The number of sulfonamides is 1. The van der Waals surface area contributed by atoms with E-state index in [0.717, 1.165) is 31.2 Å². The van der Waals surface area contributed by atoms with Crippen LogP contribution in [-0.4, -0.2) is 32.9 Å². The number of hydrogen-bond acceptors (Lipinski definition) is 5. The van der Waals surface area contributed by atoms with Gasteiger partial charge >= 0.3 is 5.97 Å². The van der Waals surface area contributed by atoms with Gasteiger partial charge in [0.2, 0.25) is 10.0 Å². The van der Waals surface area contributed by atoms with Gasteiger partial charge in [0.1, 0.15) is 0 Å². The fraction of sp³-hybridized carbons (Fsp3) is 0.364. The number of ether oxygens (including phenoxy) is 1. The van der Waals surface area contributed by atoms with Crippen LogP contribution >= 0.6 is 0 Å². The molecule has 0 spiro atoms. The lowest BCUT2D eigenvalue weighted by Gasteiger charge is -2.18. The number of carbonyl (C=O) groups is 2. The molecular weight excluding hydrogens is 404 g/mol. The van der Waals surface area contributed by atoms with Crippen LogP contribution in [0.5, 0.6) is 0 Å². The molecule has 30 heavy (non-hydrogen) atoms. The van der Waals surface area contributed by atoms with E-state index in [1.54, 1.807) is 0 Å². The molecule has 2 aliphatic rings. The lowest BCUT2D eigenvalue weighted by atomic mass is 10.0. The van der Waals surface area contributed by atoms with Crippen molar-refractivity contribution in [2.75, 3.05) is 6.61 Å². The van der Waals surface area contributed by atoms with Gasteiger partial charge in [0.15, 0.2) is 6.61 Å². The Kier molecular flexibility index (Phi) is 5.87. The summed E-state index contributed by atoms with van der Waals surface area (Å²) in [7, 11) is -3.57. The number of rotatable bonds is 9. The number of nitrogens with one attached hydrogen (secondary N) is 2. The quantitative estimate of drug-likeness (QED) is 0.598. The number of benzene rings is 2. The Morgan fingerprint density at radius 1 is 0.967 bits per heavy atom. The average Bonchev–Trinajstić information content (AvgIpc) is 3.66. The van der Waals surface area contributed by atoms with Crippen molar-refractivity contribution in [1.29, 1.82) is 0 Å². The molecule has 0 bridgehead atoms. The summed E-state index contributed by atoms with van der Waals surface area (Å²) in [5.41, 5.74) is 1.23. The first-order valence-corrected chi connectivity index (χ1v) is 11.5. The maximum Gasteiger partial charge on any atom is 0.338 e. The number of hydrogen-bond donors (Lipinski definition) is 2. The second-order valence-electron chi connectivity index (χ2n) is 7.79. The van der Waals surface area contributed by atoms with Crippen LogP contribution in [0.4, 0.5) is 0 Å². The van der Waals surface area contributed by atoms with Gasteiger partial charge in [0, 0.05) is 6.04 Å². The molecule has 0 aliphatic heterocycles. The lowest BCUT2D eigenvalue weighted by Crippen LogP contribution is -2.33. The number of esters is 1. The van der Waals surface area contributed by atoms with E-state index in [2.05, 4.69) is 10.0 Å². The molecule has 7 nitrogen and oxygen atoms in total. The molecule has 0 aromatic heterocycles. The smallest absolute Gasteiger partial charge is 0.338 e. The predicted molar refractivity (Wildman–Crippen MR) is 110 cm³/mol. The van der Waals surface area contributed by atoms with Gasteiger partial charge in [0.05, 0.1) is 16.5 Å². The van der Waals surface area contributed by atoms with Crippen molar-refractivity contribution in [3.05, 3.63) is 65.7 Å². The summed E-state index contributed by atoms with van der Waals surface area (Å²) in [4.78, 5) is 24.6. The maximum atomic E-state index is 12.3. The zero-order chi connectivity index (χ0) is 21.1. The second kappa shape index (κ2) is 8.57. The van der Waals surface area contributed by atoms with Crippen LogP contribution in [0.25, 0.3) is 0 Å². The molecule has 1 unspecified atom stereocenters. The molecule has 1 amide bonds. The van der Waals surface area contributed by atoms with E-state index < -0.39 is 22.6 Å². The molecule has 2 aliphatic carbocycles. The van der Waals surface area contributed by atoms with Crippen LogP contribution in [0.1, 0.15) is 47.6 Å². The molecule has 2 N–H and O–H groups in total. The summed E-state index contributed by atoms with van der Waals surface area (Å²) in [5, 5.41) is 2.95. The van der Waals surface area contributed by atoms with Crippen molar-refractivity contribution in [2.24, 2.45) is 5.92 Å². The van der Waals surface area contributed by atoms with Crippen LogP contribution in [0, 0.1) is 5.92 Å². The zero-order valence-corrected chi connectivity index (χ0v) is 17.2. The molecule has 0 saturated heterocycles. The van der Waals surface area contributed by atoms with Crippen LogP contribution in [-0.2, 0) is 19.6 Å². The van der Waals surface area contributed by atoms with Gasteiger partial charge in [0.25, 0.3) is 5.91 Å². The molecule has 1 atom stereocenters. The van der Waals surface area contributed by atoms with E-state index in [1.807, 2.05) is 30.3 Å². The standard InChI is InChI=1S/C22H24N2O5S/c25-20(23-21(16-6-7-16)15-4-2-1-3-5-15)14-29-22(26)17-8-12-19(13-9-17)30(27,28)24-18-10-11-18/h1-5,8-9,12-13,16,18,21,24H,6-7,10-11,14H2,(H,23,25). The summed E-state index contributed by atoms with van der Waals surface area (Å²) >= 11 is 0. The van der Waals surface area contributed by atoms with Gasteiger partial charge in [-0.15, -0.1) is 0 Å². The van der Waals surface area contributed by atoms with E-state index in [9.17, 15) is 18.0 Å². The highest BCUT2D eigenvalue weighted by Gasteiger charge is 2.33. The Balaban J connectivity index is 1.31. The van der Waals surface area contributed by atoms with Gasteiger partial charge in [-0.3, -0.25) is 4.79 Å². The van der Waals surface area contributed by atoms with Crippen molar-refractivity contribution < 1.29 is 22.7 Å².